The number of nitrogens with two attached hydrogens (primary N) is 1. The van der Waals surface area contributed by atoms with Crippen LogP contribution in [-0.2, 0) is 14.4 Å². The van der Waals surface area contributed by atoms with E-state index >= 15 is 0 Å². The van der Waals surface area contributed by atoms with Gasteiger partial charge in [-0.05, 0) is 6.42 Å². The number of aliphatic hydroxyl groups is 1. The molecule has 0 aromatic rings. The van der Waals surface area contributed by atoms with Crippen molar-refractivity contribution in [1.29, 1.82) is 0 Å². The molecule has 9 heteroatoms. The molecule has 0 unspecified atom stereocenters. The van der Waals surface area contributed by atoms with Gasteiger partial charge in [-0.25, -0.2) is 0 Å². The third kappa shape index (κ3) is 8.08. The Morgan fingerprint density at radius 2 is 1.84 bits per heavy atom. The maximum absolute atomic E-state index is 10.2. The smallest absolute Gasteiger partial charge is 0.320 e. The van der Waals surface area contributed by atoms with E-state index in [-0.39, 0.29) is 12.8 Å². The molecule has 0 aliphatic carbocycles. The summed E-state index contributed by atoms with van der Waals surface area (Å²) >= 11 is 0. The molecule has 0 radical (unpaired) electrons. The highest BCUT2D eigenvalue weighted by atomic mass is 16.4. The summed E-state index contributed by atoms with van der Waals surface area (Å²) in [6.45, 7) is 0.400. The zero-order valence-corrected chi connectivity index (χ0v) is 10.2. The molecule has 1 fully saturated rings. The van der Waals surface area contributed by atoms with Crippen LogP contribution in [0.5, 0.6) is 0 Å². The van der Waals surface area contributed by atoms with Gasteiger partial charge in [0.2, 0.25) is 0 Å². The quantitative estimate of drug-likeness (QED) is 0.334. The van der Waals surface area contributed by atoms with Crippen LogP contribution in [0.25, 0.3) is 0 Å². The van der Waals surface area contributed by atoms with Crippen molar-refractivity contribution in [1.82, 2.24) is 5.32 Å². The van der Waals surface area contributed by atoms with Gasteiger partial charge in [-0.1, -0.05) is 0 Å². The Morgan fingerprint density at radius 3 is 2.11 bits per heavy atom. The van der Waals surface area contributed by atoms with E-state index in [1.54, 1.807) is 0 Å². The van der Waals surface area contributed by atoms with Crippen molar-refractivity contribution >= 4 is 17.9 Å². The average molecular weight is 278 g/mol. The second-order valence-corrected chi connectivity index (χ2v) is 4.07. The van der Waals surface area contributed by atoms with Gasteiger partial charge in [0.05, 0.1) is 6.10 Å². The molecule has 1 rings (SSSR count). The lowest BCUT2D eigenvalue weighted by Crippen LogP contribution is -2.30. The minimum atomic E-state index is -1.17. The Bertz CT molecular complexity index is 334. The lowest BCUT2D eigenvalue weighted by Gasteiger charge is -2.01. The Balaban J connectivity index is 0.000000342. The van der Waals surface area contributed by atoms with Gasteiger partial charge in [0.15, 0.2) is 0 Å². The van der Waals surface area contributed by atoms with Crippen LogP contribution in [-0.4, -0.2) is 63.1 Å². The van der Waals surface area contributed by atoms with E-state index in [4.69, 9.17) is 26.2 Å². The molecule has 1 saturated heterocycles. The van der Waals surface area contributed by atoms with Gasteiger partial charge in [0.25, 0.3) is 0 Å². The van der Waals surface area contributed by atoms with Gasteiger partial charge in [-0.3, -0.25) is 14.4 Å². The van der Waals surface area contributed by atoms with Crippen LogP contribution in [0.3, 0.4) is 0 Å². The first kappa shape index (κ1) is 17.3. The zero-order chi connectivity index (χ0) is 15.0. The second kappa shape index (κ2) is 8.40. The Kier molecular flexibility index (Phi) is 7.65. The molecular weight excluding hydrogens is 260 g/mol. The van der Waals surface area contributed by atoms with E-state index in [1.807, 2.05) is 0 Å². The summed E-state index contributed by atoms with van der Waals surface area (Å²) in [6.07, 6.45) is -0.376. The molecule has 1 aliphatic heterocycles. The molecule has 1 heterocycles. The third-order valence-electron chi connectivity index (χ3n) is 2.39. The van der Waals surface area contributed by atoms with Gasteiger partial charge in [0, 0.05) is 19.4 Å². The minimum Gasteiger partial charge on any atom is -0.481 e. The van der Waals surface area contributed by atoms with Gasteiger partial charge < -0.3 is 31.5 Å². The summed E-state index contributed by atoms with van der Waals surface area (Å²) in [4.78, 5) is 30.0. The van der Waals surface area contributed by atoms with Crippen molar-refractivity contribution in [3.05, 3.63) is 0 Å². The maximum Gasteiger partial charge on any atom is 0.320 e. The summed E-state index contributed by atoms with van der Waals surface area (Å²) in [6, 6.07) is -1.60. The van der Waals surface area contributed by atoms with Crippen molar-refractivity contribution in [3.63, 3.8) is 0 Å². The number of carboxylic acids is 3. The van der Waals surface area contributed by atoms with Crippen LogP contribution < -0.4 is 11.1 Å². The van der Waals surface area contributed by atoms with Crippen molar-refractivity contribution in [3.8, 4) is 0 Å². The number of rotatable bonds is 5. The highest BCUT2D eigenvalue weighted by Crippen LogP contribution is 2.05. The molecule has 0 bridgehead atoms. The second-order valence-electron chi connectivity index (χ2n) is 4.07. The Hall–Kier alpha value is -1.71. The highest BCUT2D eigenvalue weighted by Gasteiger charge is 2.27. The number of hydrogen-bond acceptors (Lipinski definition) is 6. The van der Waals surface area contributed by atoms with Gasteiger partial charge in [0.1, 0.15) is 12.1 Å². The normalized spacial score (nSPS) is 23.1. The number of carbonyl (C=O) groups is 3. The van der Waals surface area contributed by atoms with Crippen LogP contribution in [0.4, 0.5) is 0 Å². The van der Waals surface area contributed by atoms with Crippen molar-refractivity contribution in [2.24, 2.45) is 5.73 Å². The molecule has 0 saturated carbocycles. The Morgan fingerprint density at radius 1 is 1.26 bits per heavy atom. The van der Waals surface area contributed by atoms with E-state index in [1.165, 1.54) is 0 Å². The third-order valence-corrected chi connectivity index (χ3v) is 2.39. The van der Waals surface area contributed by atoms with E-state index < -0.39 is 36.1 Å². The standard InChI is InChI=1S/C5H9NO4.C5H9NO3/c6-3(5(9)10)1-2-4(7)8;7-3-1-4(5(8)9)6-2-3/h3H,1-2,6H2,(H,7,8)(H,9,10);3-4,6-7H,1-2H2,(H,8,9)/t3-;3-,4+/m01/s1. The fourth-order valence-corrected chi connectivity index (χ4v) is 1.31. The summed E-state index contributed by atoms with van der Waals surface area (Å²) in [5.41, 5.74) is 5.00. The highest BCUT2D eigenvalue weighted by molar-refractivity contribution is 5.74. The molecule has 0 amide bonds. The molecule has 0 spiro atoms. The van der Waals surface area contributed by atoms with E-state index in [9.17, 15) is 14.4 Å². The van der Waals surface area contributed by atoms with Crippen molar-refractivity contribution in [2.45, 2.75) is 37.5 Å². The summed E-state index contributed by atoms with van der Waals surface area (Å²) < 4.78 is 0. The molecule has 0 aromatic heterocycles. The van der Waals surface area contributed by atoms with Gasteiger partial charge in [-0.15, -0.1) is 0 Å². The van der Waals surface area contributed by atoms with Crippen molar-refractivity contribution in [2.75, 3.05) is 6.54 Å². The number of carboxylic acid groups (broad SMARTS) is 3. The first-order chi connectivity index (χ1) is 8.73. The predicted octanol–water partition coefficient (Wildman–Crippen LogP) is -1.94. The van der Waals surface area contributed by atoms with E-state index in [0.29, 0.717) is 13.0 Å². The first-order valence-corrected chi connectivity index (χ1v) is 5.58. The molecule has 19 heavy (non-hydrogen) atoms. The summed E-state index contributed by atoms with van der Waals surface area (Å²) in [5.74, 6) is -3.08. The van der Waals surface area contributed by atoms with E-state index in [2.05, 4.69) is 5.32 Å². The number of nitrogens with one attached hydrogen (secondary N) is 1. The number of hydrogen-bond donors (Lipinski definition) is 6. The Labute approximate surface area is 109 Å². The summed E-state index contributed by atoms with van der Waals surface area (Å²) in [5, 5.41) is 36.1. The number of β-amino-alcohol motifs (C(OH)–C–C–N with tert-alkyl or cyclic N) is 1. The monoisotopic (exact) mass is 278 g/mol. The molecule has 7 N–H and O–H groups in total. The zero-order valence-electron chi connectivity index (χ0n) is 10.2. The van der Waals surface area contributed by atoms with Crippen LogP contribution in [0.1, 0.15) is 19.3 Å². The number of aliphatic carboxylic acids is 3. The van der Waals surface area contributed by atoms with E-state index in [0.717, 1.165) is 0 Å². The van der Waals surface area contributed by atoms with Crippen LogP contribution in [0, 0.1) is 0 Å². The fourth-order valence-electron chi connectivity index (χ4n) is 1.31. The molecular formula is C10H18N2O7. The molecule has 3 atom stereocenters. The van der Waals surface area contributed by atoms with Crippen LogP contribution in [0.15, 0.2) is 0 Å². The lowest BCUT2D eigenvalue weighted by molar-refractivity contribution is -0.140. The summed E-state index contributed by atoms with van der Waals surface area (Å²) in [7, 11) is 0. The van der Waals surface area contributed by atoms with Crippen molar-refractivity contribution < 1.29 is 34.8 Å². The maximum atomic E-state index is 10.2. The minimum absolute atomic E-state index is 0.0231. The number of aliphatic hydroxyl groups excluding tert-OH is 1. The van der Waals surface area contributed by atoms with Gasteiger partial charge in [-0.2, -0.15) is 0 Å². The van der Waals surface area contributed by atoms with Crippen LogP contribution in [0.2, 0.25) is 0 Å². The lowest BCUT2D eigenvalue weighted by atomic mass is 10.2. The largest absolute Gasteiger partial charge is 0.481 e. The van der Waals surface area contributed by atoms with Crippen LogP contribution >= 0.6 is 0 Å². The molecule has 9 nitrogen and oxygen atoms in total. The molecule has 110 valence electrons. The predicted molar refractivity (Wildman–Crippen MR) is 62.5 cm³/mol. The molecule has 1 aliphatic rings. The van der Waals surface area contributed by atoms with Gasteiger partial charge >= 0.3 is 17.9 Å². The molecule has 0 aromatic carbocycles. The first-order valence-electron chi connectivity index (χ1n) is 5.58. The topological polar surface area (TPSA) is 170 Å². The fraction of sp³-hybridized carbons (Fsp3) is 0.700. The SMILES string of the molecule is N[C@@H](CCC(=O)O)C(=O)O.O=C(O)[C@@H]1C[C@@H](O)CN1. The average Bonchev–Trinajstić information content (AvgIpc) is 2.73.